The van der Waals surface area contributed by atoms with E-state index in [1.165, 1.54) is 0 Å². The third-order valence-corrected chi connectivity index (χ3v) is 6.17. The van der Waals surface area contributed by atoms with E-state index >= 15 is 0 Å². The van der Waals surface area contributed by atoms with Crippen molar-refractivity contribution >= 4 is 11.9 Å². The summed E-state index contributed by atoms with van der Waals surface area (Å²) in [4.78, 5) is 20.5. The minimum atomic E-state index is -0.138. The molecule has 0 aliphatic carbocycles. The van der Waals surface area contributed by atoms with Gasteiger partial charge < -0.3 is 25.6 Å². The number of ether oxygens (including phenoxy) is 1. The number of unbranched alkanes of at least 4 members (excludes halogenated alkanes) is 1. The Morgan fingerprint density at radius 2 is 1.80 bits per heavy atom. The van der Waals surface area contributed by atoms with Gasteiger partial charge in [-0.15, -0.1) is 0 Å². The first-order chi connectivity index (χ1) is 14.7. The molecule has 166 valence electrons. The van der Waals surface area contributed by atoms with Crippen LogP contribution in [0, 0.1) is 5.92 Å². The summed E-state index contributed by atoms with van der Waals surface area (Å²) >= 11 is 0. The third kappa shape index (κ3) is 6.90. The van der Waals surface area contributed by atoms with Crippen molar-refractivity contribution < 1.29 is 9.53 Å². The molecule has 0 radical (unpaired) electrons. The SMILES string of the molecule is CN=C(NCCCCN1CCC(C(N)=O)CC1)N1CCC(Oc2ccccc2)CC1. The molecule has 1 aromatic rings. The summed E-state index contributed by atoms with van der Waals surface area (Å²) in [7, 11) is 1.86. The third-order valence-electron chi connectivity index (χ3n) is 6.17. The number of piperidine rings is 2. The van der Waals surface area contributed by atoms with E-state index in [9.17, 15) is 4.79 Å². The number of aliphatic imine (C=N–C) groups is 1. The number of rotatable bonds is 8. The van der Waals surface area contributed by atoms with E-state index in [1.807, 2.05) is 37.4 Å². The lowest BCUT2D eigenvalue weighted by Crippen LogP contribution is -2.47. The number of primary amides is 1. The Balaban J connectivity index is 1.28. The van der Waals surface area contributed by atoms with Crippen LogP contribution in [-0.4, -0.2) is 74.1 Å². The average molecular weight is 416 g/mol. The number of nitrogens with two attached hydrogens (primary N) is 1. The van der Waals surface area contributed by atoms with Gasteiger partial charge in [-0.2, -0.15) is 0 Å². The van der Waals surface area contributed by atoms with E-state index < -0.39 is 0 Å². The number of para-hydroxylation sites is 1. The standard InChI is InChI=1S/C23H37N5O2/c1-25-23(26-13-5-6-14-27-15-9-19(10-16-27)22(24)29)28-17-11-21(12-18-28)30-20-7-3-2-4-8-20/h2-4,7-8,19,21H,5-6,9-18H2,1H3,(H2,24,29)(H,25,26). The van der Waals surface area contributed by atoms with Gasteiger partial charge in [-0.25, -0.2) is 0 Å². The highest BCUT2D eigenvalue weighted by atomic mass is 16.5. The lowest BCUT2D eigenvalue weighted by molar-refractivity contribution is -0.123. The predicted molar refractivity (Wildman–Crippen MR) is 121 cm³/mol. The average Bonchev–Trinajstić information content (AvgIpc) is 2.78. The number of carbonyl (C=O) groups excluding carboxylic acids is 1. The Morgan fingerprint density at radius 3 is 2.43 bits per heavy atom. The zero-order chi connectivity index (χ0) is 21.2. The molecule has 30 heavy (non-hydrogen) atoms. The van der Waals surface area contributed by atoms with Crippen LogP contribution in [-0.2, 0) is 4.79 Å². The molecule has 2 aliphatic heterocycles. The first-order valence-electron chi connectivity index (χ1n) is 11.3. The van der Waals surface area contributed by atoms with Crippen LogP contribution in [0.15, 0.2) is 35.3 Å². The van der Waals surface area contributed by atoms with Crippen LogP contribution in [0.2, 0.25) is 0 Å². The Bertz CT molecular complexity index is 665. The summed E-state index contributed by atoms with van der Waals surface area (Å²) in [5.74, 6) is 1.89. The zero-order valence-electron chi connectivity index (χ0n) is 18.3. The Morgan fingerprint density at radius 1 is 1.10 bits per heavy atom. The molecular weight excluding hydrogens is 378 g/mol. The summed E-state index contributed by atoms with van der Waals surface area (Å²) in [6.45, 7) is 5.93. The lowest BCUT2D eigenvalue weighted by atomic mass is 9.96. The van der Waals surface area contributed by atoms with Gasteiger partial charge in [-0.1, -0.05) is 18.2 Å². The molecule has 7 heteroatoms. The predicted octanol–water partition coefficient (Wildman–Crippen LogP) is 2.08. The van der Waals surface area contributed by atoms with E-state index in [0.717, 1.165) is 89.5 Å². The van der Waals surface area contributed by atoms with Crippen molar-refractivity contribution in [3.05, 3.63) is 30.3 Å². The van der Waals surface area contributed by atoms with Crippen LogP contribution in [0.25, 0.3) is 0 Å². The van der Waals surface area contributed by atoms with Gasteiger partial charge in [0, 0.05) is 45.4 Å². The van der Waals surface area contributed by atoms with E-state index in [-0.39, 0.29) is 17.9 Å². The molecule has 0 spiro atoms. The number of likely N-dealkylation sites (tertiary alicyclic amines) is 2. The second-order valence-corrected chi connectivity index (χ2v) is 8.32. The molecule has 7 nitrogen and oxygen atoms in total. The first kappa shape index (κ1) is 22.4. The number of benzene rings is 1. The number of nitrogens with zero attached hydrogens (tertiary/aromatic N) is 3. The molecule has 0 unspecified atom stereocenters. The minimum Gasteiger partial charge on any atom is -0.490 e. The number of carbonyl (C=O) groups is 1. The Hall–Kier alpha value is -2.28. The summed E-state index contributed by atoms with van der Waals surface area (Å²) in [6.07, 6.45) is 6.38. The van der Waals surface area contributed by atoms with Gasteiger partial charge in [0.2, 0.25) is 5.91 Å². The summed E-state index contributed by atoms with van der Waals surface area (Å²) in [6, 6.07) is 10.1. The molecule has 2 fully saturated rings. The topological polar surface area (TPSA) is 83.2 Å². The van der Waals surface area contributed by atoms with Gasteiger partial charge in [-0.05, 0) is 57.5 Å². The smallest absolute Gasteiger partial charge is 0.220 e. The highest BCUT2D eigenvalue weighted by Gasteiger charge is 2.23. The van der Waals surface area contributed by atoms with E-state index in [0.29, 0.717) is 0 Å². The number of hydrogen-bond acceptors (Lipinski definition) is 4. The van der Waals surface area contributed by atoms with Crippen LogP contribution in [0.5, 0.6) is 5.75 Å². The van der Waals surface area contributed by atoms with Gasteiger partial charge in [-0.3, -0.25) is 9.79 Å². The molecule has 1 aromatic carbocycles. The molecule has 2 aliphatic rings. The van der Waals surface area contributed by atoms with Crippen LogP contribution in [0.3, 0.4) is 0 Å². The van der Waals surface area contributed by atoms with Crippen LogP contribution in [0.4, 0.5) is 0 Å². The zero-order valence-corrected chi connectivity index (χ0v) is 18.3. The normalized spacial score (nSPS) is 19.6. The van der Waals surface area contributed by atoms with Crippen molar-refractivity contribution in [1.82, 2.24) is 15.1 Å². The second kappa shape index (κ2) is 11.8. The second-order valence-electron chi connectivity index (χ2n) is 8.32. The molecule has 0 saturated carbocycles. The molecule has 0 aromatic heterocycles. The van der Waals surface area contributed by atoms with Gasteiger partial charge >= 0.3 is 0 Å². The maximum atomic E-state index is 11.3. The van der Waals surface area contributed by atoms with Crippen molar-refractivity contribution in [2.45, 2.75) is 44.6 Å². The maximum Gasteiger partial charge on any atom is 0.220 e. The van der Waals surface area contributed by atoms with Crippen molar-refractivity contribution in [2.75, 3.05) is 46.3 Å². The molecule has 0 bridgehead atoms. The van der Waals surface area contributed by atoms with Gasteiger partial charge in [0.1, 0.15) is 11.9 Å². The molecule has 1 amide bonds. The quantitative estimate of drug-likeness (QED) is 0.386. The molecular formula is C23H37N5O2. The fraction of sp³-hybridized carbons (Fsp3) is 0.652. The van der Waals surface area contributed by atoms with Crippen molar-refractivity contribution in [1.29, 1.82) is 0 Å². The van der Waals surface area contributed by atoms with Crippen molar-refractivity contribution in [2.24, 2.45) is 16.6 Å². The van der Waals surface area contributed by atoms with Gasteiger partial charge in [0.15, 0.2) is 5.96 Å². The van der Waals surface area contributed by atoms with Crippen LogP contribution in [0.1, 0.15) is 38.5 Å². The number of nitrogens with one attached hydrogen (secondary N) is 1. The summed E-state index contributed by atoms with van der Waals surface area (Å²) < 4.78 is 6.09. The molecule has 3 rings (SSSR count). The van der Waals surface area contributed by atoms with E-state index in [1.54, 1.807) is 0 Å². The molecule has 2 heterocycles. The van der Waals surface area contributed by atoms with Crippen LogP contribution < -0.4 is 15.8 Å². The van der Waals surface area contributed by atoms with Crippen LogP contribution >= 0.6 is 0 Å². The first-order valence-corrected chi connectivity index (χ1v) is 11.3. The van der Waals surface area contributed by atoms with Gasteiger partial charge in [0.05, 0.1) is 0 Å². The van der Waals surface area contributed by atoms with E-state index in [2.05, 4.69) is 20.1 Å². The highest BCUT2D eigenvalue weighted by Crippen LogP contribution is 2.19. The number of amides is 1. The monoisotopic (exact) mass is 415 g/mol. The van der Waals surface area contributed by atoms with Crippen molar-refractivity contribution in [3.8, 4) is 5.75 Å². The Labute approximate surface area is 180 Å². The summed E-state index contributed by atoms with van der Waals surface area (Å²) in [5, 5.41) is 3.52. The number of hydrogen-bond donors (Lipinski definition) is 2. The maximum absolute atomic E-state index is 11.3. The summed E-state index contributed by atoms with van der Waals surface area (Å²) in [5.41, 5.74) is 5.41. The largest absolute Gasteiger partial charge is 0.490 e. The minimum absolute atomic E-state index is 0.0773. The molecule has 3 N–H and O–H groups in total. The lowest BCUT2D eigenvalue weighted by Gasteiger charge is -2.34. The Kier molecular flexibility index (Phi) is 8.81. The van der Waals surface area contributed by atoms with Crippen molar-refractivity contribution in [3.63, 3.8) is 0 Å². The van der Waals surface area contributed by atoms with Gasteiger partial charge in [0.25, 0.3) is 0 Å². The molecule has 0 atom stereocenters. The molecule has 2 saturated heterocycles. The highest BCUT2D eigenvalue weighted by molar-refractivity contribution is 5.80. The fourth-order valence-corrected chi connectivity index (χ4v) is 4.31. The number of guanidine groups is 1. The fourth-order valence-electron chi connectivity index (χ4n) is 4.31. The van der Waals surface area contributed by atoms with E-state index in [4.69, 9.17) is 10.5 Å².